The molecule has 0 saturated heterocycles. The van der Waals surface area contributed by atoms with Crippen LogP contribution in [0.4, 0.5) is 0 Å². The first-order valence-electron chi connectivity index (χ1n) is 5.99. The number of hydrogen-bond acceptors (Lipinski definition) is 3. The molecule has 4 nitrogen and oxygen atoms in total. The second-order valence-electron chi connectivity index (χ2n) is 4.55. The number of nitrogens with one attached hydrogen (secondary N) is 2. The Bertz CT molecular complexity index is 716. The summed E-state index contributed by atoms with van der Waals surface area (Å²) in [5, 5.41) is 0. The van der Waals surface area contributed by atoms with Crippen molar-refractivity contribution < 1.29 is 0 Å². The SMILES string of the molecule is Cc1ccc(SCc2c(C)[nH]c(=O)[nH]c2=O)cc1C. The van der Waals surface area contributed by atoms with Crippen molar-refractivity contribution in [1.82, 2.24) is 9.97 Å². The zero-order valence-corrected chi connectivity index (χ0v) is 12.0. The van der Waals surface area contributed by atoms with E-state index in [0.717, 1.165) is 4.90 Å². The van der Waals surface area contributed by atoms with Crippen molar-refractivity contribution in [1.29, 1.82) is 0 Å². The van der Waals surface area contributed by atoms with Gasteiger partial charge in [0, 0.05) is 21.9 Å². The highest BCUT2D eigenvalue weighted by atomic mass is 32.2. The largest absolute Gasteiger partial charge is 0.325 e. The molecule has 0 saturated carbocycles. The smallest absolute Gasteiger partial charge is 0.311 e. The Morgan fingerprint density at radius 1 is 1.05 bits per heavy atom. The molecule has 2 aromatic rings. The van der Waals surface area contributed by atoms with Crippen molar-refractivity contribution in [3.8, 4) is 0 Å². The number of thioether (sulfide) groups is 1. The fourth-order valence-corrected chi connectivity index (χ4v) is 2.84. The molecule has 2 rings (SSSR count). The number of aryl methyl sites for hydroxylation is 3. The maximum atomic E-state index is 11.7. The van der Waals surface area contributed by atoms with Crippen LogP contribution in [0.5, 0.6) is 0 Å². The molecule has 1 heterocycles. The van der Waals surface area contributed by atoms with E-state index in [4.69, 9.17) is 0 Å². The number of benzene rings is 1. The molecule has 0 amide bonds. The fraction of sp³-hybridized carbons (Fsp3) is 0.286. The lowest BCUT2D eigenvalue weighted by Gasteiger charge is -2.06. The summed E-state index contributed by atoms with van der Waals surface area (Å²) in [6, 6.07) is 6.22. The van der Waals surface area contributed by atoms with E-state index in [-0.39, 0.29) is 5.56 Å². The van der Waals surface area contributed by atoms with Crippen LogP contribution in [-0.2, 0) is 5.75 Å². The summed E-state index contributed by atoms with van der Waals surface area (Å²) in [6.07, 6.45) is 0. The van der Waals surface area contributed by atoms with Crippen LogP contribution in [0.1, 0.15) is 22.4 Å². The first-order chi connectivity index (χ1) is 8.97. The van der Waals surface area contributed by atoms with E-state index in [2.05, 4.69) is 35.9 Å². The lowest BCUT2D eigenvalue weighted by atomic mass is 10.1. The molecule has 5 heteroatoms. The van der Waals surface area contributed by atoms with Crippen molar-refractivity contribution in [2.24, 2.45) is 0 Å². The van der Waals surface area contributed by atoms with Gasteiger partial charge in [-0.05, 0) is 44.0 Å². The van der Waals surface area contributed by atoms with Gasteiger partial charge in [-0.15, -0.1) is 11.8 Å². The average Bonchev–Trinajstić information content (AvgIpc) is 2.32. The molecule has 0 bridgehead atoms. The molecule has 100 valence electrons. The maximum absolute atomic E-state index is 11.7. The molecule has 0 radical (unpaired) electrons. The summed E-state index contributed by atoms with van der Waals surface area (Å²) < 4.78 is 0. The highest BCUT2D eigenvalue weighted by Gasteiger charge is 2.07. The summed E-state index contributed by atoms with van der Waals surface area (Å²) in [6.45, 7) is 5.88. The fourth-order valence-electron chi connectivity index (χ4n) is 1.76. The van der Waals surface area contributed by atoms with E-state index in [1.165, 1.54) is 11.1 Å². The predicted molar refractivity (Wildman–Crippen MR) is 77.9 cm³/mol. The normalized spacial score (nSPS) is 10.7. The van der Waals surface area contributed by atoms with Gasteiger partial charge in [0.25, 0.3) is 5.56 Å². The van der Waals surface area contributed by atoms with E-state index in [1.807, 2.05) is 6.07 Å². The van der Waals surface area contributed by atoms with Crippen LogP contribution in [-0.4, -0.2) is 9.97 Å². The summed E-state index contributed by atoms with van der Waals surface area (Å²) in [5.74, 6) is 0.542. The Kier molecular flexibility index (Phi) is 3.95. The molecule has 0 aliphatic rings. The van der Waals surface area contributed by atoms with Crippen LogP contribution >= 0.6 is 11.8 Å². The summed E-state index contributed by atoms with van der Waals surface area (Å²) in [5.41, 5.74) is 2.97. The van der Waals surface area contributed by atoms with Crippen LogP contribution < -0.4 is 11.2 Å². The minimum absolute atomic E-state index is 0.308. The van der Waals surface area contributed by atoms with E-state index in [9.17, 15) is 9.59 Å². The van der Waals surface area contributed by atoms with Gasteiger partial charge in [0.2, 0.25) is 0 Å². The van der Waals surface area contributed by atoms with E-state index >= 15 is 0 Å². The molecule has 0 aliphatic heterocycles. The van der Waals surface area contributed by atoms with Crippen molar-refractivity contribution in [3.63, 3.8) is 0 Å². The van der Waals surface area contributed by atoms with E-state index in [0.29, 0.717) is 17.0 Å². The van der Waals surface area contributed by atoms with Gasteiger partial charge in [-0.2, -0.15) is 0 Å². The highest BCUT2D eigenvalue weighted by Crippen LogP contribution is 2.24. The van der Waals surface area contributed by atoms with Crippen LogP contribution in [0.15, 0.2) is 32.7 Å². The minimum Gasteiger partial charge on any atom is -0.311 e. The van der Waals surface area contributed by atoms with Gasteiger partial charge < -0.3 is 4.98 Å². The van der Waals surface area contributed by atoms with Gasteiger partial charge in [0.05, 0.1) is 0 Å². The number of hydrogen-bond donors (Lipinski definition) is 2. The molecule has 1 aromatic carbocycles. The van der Waals surface area contributed by atoms with Crippen LogP contribution in [0, 0.1) is 20.8 Å². The quantitative estimate of drug-likeness (QED) is 0.845. The van der Waals surface area contributed by atoms with Crippen molar-refractivity contribution in [2.75, 3.05) is 0 Å². The first-order valence-corrected chi connectivity index (χ1v) is 6.98. The van der Waals surface area contributed by atoms with E-state index < -0.39 is 5.69 Å². The van der Waals surface area contributed by atoms with Crippen LogP contribution in [0.25, 0.3) is 0 Å². The van der Waals surface area contributed by atoms with Crippen LogP contribution in [0.2, 0.25) is 0 Å². The zero-order chi connectivity index (χ0) is 14.0. The highest BCUT2D eigenvalue weighted by molar-refractivity contribution is 7.98. The number of aromatic amines is 2. The molecule has 2 N–H and O–H groups in total. The van der Waals surface area contributed by atoms with Crippen molar-refractivity contribution >= 4 is 11.8 Å². The summed E-state index contributed by atoms with van der Waals surface area (Å²) in [4.78, 5) is 28.8. The third-order valence-electron chi connectivity index (χ3n) is 3.12. The second-order valence-corrected chi connectivity index (χ2v) is 5.60. The Balaban J connectivity index is 2.21. The van der Waals surface area contributed by atoms with Gasteiger partial charge in [-0.25, -0.2) is 4.79 Å². The maximum Gasteiger partial charge on any atom is 0.325 e. The lowest BCUT2D eigenvalue weighted by Crippen LogP contribution is -2.26. The molecule has 0 atom stereocenters. The molecule has 1 aromatic heterocycles. The average molecular weight is 276 g/mol. The Morgan fingerprint density at radius 3 is 2.42 bits per heavy atom. The Labute approximate surface area is 115 Å². The van der Waals surface area contributed by atoms with Crippen LogP contribution in [0.3, 0.4) is 0 Å². The second kappa shape index (κ2) is 5.48. The topological polar surface area (TPSA) is 65.7 Å². The van der Waals surface area contributed by atoms with Gasteiger partial charge in [-0.3, -0.25) is 9.78 Å². The number of H-pyrrole nitrogens is 2. The lowest BCUT2D eigenvalue weighted by molar-refractivity contribution is 0.957. The van der Waals surface area contributed by atoms with Gasteiger partial charge in [-0.1, -0.05) is 6.07 Å². The molecule has 19 heavy (non-hydrogen) atoms. The molecule has 0 aliphatic carbocycles. The molecule has 0 spiro atoms. The molecule has 0 fully saturated rings. The minimum atomic E-state index is -0.456. The summed E-state index contributed by atoms with van der Waals surface area (Å²) in [7, 11) is 0. The number of rotatable bonds is 3. The Hall–Kier alpha value is -1.75. The zero-order valence-electron chi connectivity index (χ0n) is 11.2. The Morgan fingerprint density at radius 2 is 1.79 bits per heavy atom. The molecular weight excluding hydrogens is 260 g/mol. The monoisotopic (exact) mass is 276 g/mol. The van der Waals surface area contributed by atoms with Gasteiger partial charge in [0.1, 0.15) is 0 Å². The van der Waals surface area contributed by atoms with E-state index in [1.54, 1.807) is 18.7 Å². The standard InChI is InChI=1S/C14H16N2O2S/c1-8-4-5-11(6-9(8)2)19-7-12-10(3)15-14(18)16-13(12)17/h4-6H,7H2,1-3H3,(H2,15,16,17,18). The third kappa shape index (κ3) is 3.17. The number of aromatic nitrogens is 2. The molecular formula is C14H16N2O2S. The van der Waals surface area contributed by atoms with Gasteiger partial charge >= 0.3 is 5.69 Å². The summed E-state index contributed by atoms with van der Waals surface area (Å²) >= 11 is 1.59. The third-order valence-corrected chi connectivity index (χ3v) is 4.14. The van der Waals surface area contributed by atoms with Crippen molar-refractivity contribution in [3.05, 3.63) is 61.4 Å². The van der Waals surface area contributed by atoms with Crippen molar-refractivity contribution in [2.45, 2.75) is 31.4 Å². The van der Waals surface area contributed by atoms with Gasteiger partial charge in [0.15, 0.2) is 0 Å². The molecule has 0 unspecified atom stereocenters. The predicted octanol–water partition coefficient (Wildman–Crippen LogP) is 2.28. The first kappa shape index (κ1) is 13.7.